The van der Waals surface area contributed by atoms with Crippen molar-refractivity contribution in [2.24, 2.45) is 0 Å². The fourth-order valence-corrected chi connectivity index (χ4v) is 5.53. The zero-order chi connectivity index (χ0) is 27.2. The lowest BCUT2D eigenvalue weighted by atomic mass is 9.99. The van der Waals surface area contributed by atoms with Gasteiger partial charge in [-0.1, -0.05) is 103 Å². The largest absolute Gasteiger partial charge is 0.456 e. The predicted octanol–water partition coefficient (Wildman–Crippen LogP) is 8.99. The van der Waals surface area contributed by atoms with Gasteiger partial charge in [-0.15, -0.1) is 0 Å². The third-order valence-electron chi connectivity index (χ3n) is 7.41. The Hall–Kier alpha value is -5.68. The Labute approximate surface area is 235 Å². The van der Waals surface area contributed by atoms with E-state index in [1.54, 1.807) is 6.20 Å². The molecule has 0 fully saturated rings. The van der Waals surface area contributed by atoms with Gasteiger partial charge in [0.2, 0.25) is 0 Å². The molecule has 0 bridgehead atoms. The van der Waals surface area contributed by atoms with Crippen LogP contribution in [0.15, 0.2) is 138 Å². The number of fused-ring (bicyclic) bond motifs is 4. The van der Waals surface area contributed by atoms with E-state index in [1.807, 2.05) is 78.9 Å². The molecular weight excluding hydrogens is 504 g/mol. The van der Waals surface area contributed by atoms with Crippen LogP contribution in [0.1, 0.15) is 0 Å². The molecule has 0 unspecified atom stereocenters. The summed E-state index contributed by atoms with van der Waals surface area (Å²) in [7, 11) is 0. The third kappa shape index (κ3) is 3.95. The van der Waals surface area contributed by atoms with Gasteiger partial charge in [0.15, 0.2) is 17.5 Å². The topological polar surface area (TPSA) is 64.7 Å². The Kier molecular flexibility index (Phi) is 5.38. The maximum Gasteiger partial charge on any atom is 0.166 e. The summed E-state index contributed by atoms with van der Waals surface area (Å²) >= 11 is 0. The Morgan fingerprint density at radius 3 is 1.93 bits per heavy atom. The van der Waals surface area contributed by atoms with Crippen LogP contribution in [0.25, 0.3) is 78.1 Å². The highest BCUT2D eigenvalue weighted by molar-refractivity contribution is 6.11. The molecule has 192 valence electrons. The van der Waals surface area contributed by atoms with Gasteiger partial charge in [0.05, 0.1) is 5.52 Å². The standard InChI is InChI=1S/C36H22N4O/c1-2-11-23(12-3-1)25-15-4-5-16-26(25)34-38-35(28-18-9-21-31-32(28)27-17-6-7-20-30(27)41-31)40-36(39-34)29-19-8-13-24-14-10-22-37-33(24)29/h1-22H. The van der Waals surface area contributed by atoms with Crippen LogP contribution in [0.5, 0.6) is 0 Å². The van der Waals surface area contributed by atoms with Crippen molar-refractivity contribution in [3.8, 4) is 45.3 Å². The summed E-state index contributed by atoms with van der Waals surface area (Å²) in [5.41, 5.74) is 7.31. The van der Waals surface area contributed by atoms with Gasteiger partial charge >= 0.3 is 0 Å². The molecule has 0 amide bonds. The molecular formula is C36H22N4O. The van der Waals surface area contributed by atoms with Crippen molar-refractivity contribution in [2.75, 3.05) is 0 Å². The van der Waals surface area contributed by atoms with Crippen LogP contribution in [0.4, 0.5) is 0 Å². The van der Waals surface area contributed by atoms with E-state index in [0.717, 1.165) is 60.7 Å². The summed E-state index contributed by atoms with van der Waals surface area (Å²) in [4.78, 5) is 20.0. The zero-order valence-corrected chi connectivity index (χ0v) is 21.9. The summed E-state index contributed by atoms with van der Waals surface area (Å²) < 4.78 is 6.20. The lowest BCUT2D eigenvalue weighted by Crippen LogP contribution is -2.02. The highest BCUT2D eigenvalue weighted by Gasteiger charge is 2.20. The fourth-order valence-electron chi connectivity index (χ4n) is 5.53. The maximum atomic E-state index is 6.20. The quantitative estimate of drug-likeness (QED) is 0.229. The number of aromatic nitrogens is 4. The lowest BCUT2D eigenvalue weighted by molar-refractivity contribution is 0.669. The van der Waals surface area contributed by atoms with E-state index in [0.29, 0.717) is 17.5 Å². The summed E-state index contributed by atoms with van der Waals surface area (Å²) in [6, 6.07) is 42.8. The molecule has 0 N–H and O–H groups in total. The number of hydrogen-bond donors (Lipinski definition) is 0. The van der Waals surface area contributed by atoms with Crippen molar-refractivity contribution in [1.29, 1.82) is 0 Å². The van der Waals surface area contributed by atoms with Crippen molar-refractivity contribution >= 4 is 32.8 Å². The smallest absolute Gasteiger partial charge is 0.166 e. The van der Waals surface area contributed by atoms with Crippen molar-refractivity contribution in [3.63, 3.8) is 0 Å². The van der Waals surface area contributed by atoms with Gasteiger partial charge in [-0.05, 0) is 35.4 Å². The Bertz CT molecular complexity index is 2210. The van der Waals surface area contributed by atoms with E-state index in [2.05, 4.69) is 48.5 Å². The molecule has 3 heterocycles. The van der Waals surface area contributed by atoms with E-state index in [-0.39, 0.29) is 0 Å². The van der Waals surface area contributed by atoms with Gasteiger partial charge in [0.1, 0.15) is 11.2 Å². The van der Waals surface area contributed by atoms with Crippen molar-refractivity contribution < 1.29 is 4.42 Å². The molecule has 3 aromatic heterocycles. The van der Waals surface area contributed by atoms with E-state index in [4.69, 9.17) is 24.4 Å². The van der Waals surface area contributed by atoms with Crippen molar-refractivity contribution in [3.05, 3.63) is 134 Å². The predicted molar refractivity (Wildman–Crippen MR) is 164 cm³/mol. The van der Waals surface area contributed by atoms with Crippen molar-refractivity contribution in [2.45, 2.75) is 0 Å². The van der Waals surface area contributed by atoms with Crippen LogP contribution in [0.2, 0.25) is 0 Å². The van der Waals surface area contributed by atoms with Crippen LogP contribution < -0.4 is 0 Å². The maximum absolute atomic E-state index is 6.20. The van der Waals surface area contributed by atoms with E-state index in [1.165, 1.54) is 0 Å². The van der Waals surface area contributed by atoms with Gasteiger partial charge < -0.3 is 4.42 Å². The molecule has 0 atom stereocenters. The van der Waals surface area contributed by atoms with Crippen LogP contribution >= 0.6 is 0 Å². The Morgan fingerprint density at radius 2 is 1.05 bits per heavy atom. The zero-order valence-electron chi connectivity index (χ0n) is 21.9. The van der Waals surface area contributed by atoms with Crippen molar-refractivity contribution in [1.82, 2.24) is 19.9 Å². The van der Waals surface area contributed by atoms with Crippen LogP contribution in [0.3, 0.4) is 0 Å². The van der Waals surface area contributed by atoms with Crippen LogP contribution in [-0.4, -0.2) is 19.9 Å². The molecule has 8 aromatic rings. The van der Waals surface area contributed by atoms with Crippen LogP contribution in [0, 0.1) is 0 Å². The molecule has 0 aliphatic carbocycles. The van der Waals surface area contributed by atoms with Gasteiger partial charge in [-0.2, -0.15) is 0 Å². The summed E-state index contributed by atoms with van der Waals surface area (Å²) in [6.45, 7) is 0. The third-order valence-corrected chi connectivity index (χ3v) is 7.41. The second-order valence-electron chi connectivity index (χ2n) is 9.88. The second-order valence-corrected chi connectivity index (χ2v) is 9.88. The number of pyridine rings is 1. The van der Waals surface area contributed by atoms with E-state index in [9.17, 15) is 0 Å². The summed E-state index contributed by atoms with van der Waals surface area (Å²) in [5.74, 6) is 1.75. The van der Waals surface area contributed by atoms with E-state index >= 15 is 0 Å². The average Bonchev–Trinajstić information content (AvgIpc) is 3.44. The minimum atomic E-state index is 0.571. The molecule has 41 heavy (non-hydrogen) atoms. The molecule has 0 saturated heterocycles. The molecule has 0 radical (unpaired) electrons. The summed E-state index contributed by atoms with van der Waals surface area (Å²) in [5, 5.41) is 3.04. The molecule has 0 aliphatic heterocycles. The number of hydrogen-bond acceptors (Lipinski definition) is 5. The lowest BCUT2D eigenvalue weighted by Gasteiger charge is -2.13. The highest BCUT2D eigenvalue weighted by atomic mass is 16.3. The minimum absolute atomic E-state index is 0.571. The monoisotopic (exact) mass is 526 g/mol. The number of furan rings is 1. The molecule has 0 saturated carbocycles. The molecule has 0 spiro atoms. The first-order chi connectivity index (χ1) is 20.3. The normalized spacial score (nSPS) is 11.4. The SMILES string of the molecule is c1ccc(-c2ccccc2-c2nc(-c3cccc4cccnc34)nc(-c3cccc4oc5ccccc5c34)n2)cc1. The minimum Gasteiger partial charge on any atom is -0.456 e. The molecule has 5 aromatic carbocycles. The first kappa shape index (κ1) is 23.2. The summed E-state index contributed by atoms with van der Waals surface area (Å²) in [6.07, 6.45) is 1.80. The Balaban J connectivity index is 1.44. The van der Waals surface area contributed by atoms with Gasteiger partial charge in [0, 0.05) is 39.0 Å². The van der Waals surface area contributed by atoms with Gasteiger partial charge in [0.25, 0.3) is 0 Å². The molecule has 8 rings (SSSR count). The number of para-hydroxylation sites is 2. The fraction of sp³-hybridized carbons (Fsp3) is 0. The number of benzene rings is 5. The second kappa shape index (κ2) is 9.50. The van der Waals surface area contributed by atoms with Crippen LogP contribution in [-0.2, 0) is 0 Å². The molecule has 0 aliphatic rings. The number of rotatable bonds is 4. The first-order valence-electron chi connectivity index (χ1n) is 13.5. The van der Waals surface area contributed by atoms with E-state index < -0.39 is 0 Å². The molecule has 5 heteroatoms. The number of nitrogens with zero attached hydrogens (tertiary/aromatic N) is 4. The average molecular weight is 527 g/mol. The highest BCUT2D eigenvalue weighted by Crippen LogP contribution is 2.38. The Morgan fingerprint density at radius 1 is 0.439 bits per heavy atom. The van der Waals surface area contributed by atoms with Gasteiger partial charge in [-0.3, -0.25) is 4.98 Å². The van der Waals surface area contributed by atoms with Gasteiger partial charge in [-0.25, -0.2) is 15.0 Å². The first-order valence-corrected chi connectivity index (χ1v) is 13.5. The molecule has 5 nitrogen and oxygen atoms in total.